The van der Waals surface area contributed by atoms with Crippen molar-refractivity contribution >= 4 is 40.7 Å². The summed E-state index contributed by atoms with van der Waals surface area (Å²) in [5.74, 6) is 0.404. The molecule has 3 rings (SSSR count). The predicted molar refractivity (Wildman–Crippen MR) is 81.8 cm³/mol. The van der Waals surface area contributed by atoms with Crippen LogP contribution in [0.1, 0.15) is 11.1 Å². The molecule has 0 atom stereocenters. The smallest absolute Gasteiger partial charge is 0.199 e. The van der Waals surface area contributed by atoms with Crippen molar-refractivity contribution in [3.05, 3.63) is 52.0 Å². The molecule has 0 fully saturated rings. The molecule has 0 aliphatic rings. The van der Waals surface area contributed by atoms with E-state index < -0.39 is 0 Å². The van der Waals surface area contributed by atoms with Gasteiger partial charge < -0.3 is 0 Å². The Bertz CT molecular complexity index is 755. The molecule has 102 valence electrons. The van der Waals surface area contributed by atoms with Crippen molar-refractivity contribution < 1.29 is 0 Å². The van der Waals surface area contributed by atoms with Crippen LogP contribution in [0.25, 0.3) is 5.78 Å². The molecule has 0 spiro atoms. The van der Waals surface area contributed by atoms with Crippen LogP contribution in [0.4, 0.5) is 0 Å². The van der Waals surface area contributed by atoms with E-state index in [1.807, 2.05) is 6.26 Å². The molecule has 2 heterocycles. The maximum Gasteiger partial charge on any atom is 0.254 e. The van der Waals surface area contributed by atoms with Crippen molar-refractivity contribution in [3.63, 3.8) is 0 Å². The molecule has 0 bridgehead atoms. The summed E-state index contributed by atoms with van der Waals surface area (Å²) in [5.41, 5.74) is 1.87. The van der Waals surface area contributed by atoms with Gasteiger partial charge in [-0.2, -0.15) is 19.6 Å². The van der Waals surface area contributed by atoms with Gasteiger partial charge in [-0.3, -0.25) is 0 Å². The van der Waals surface area contributed by atoms with Crippen LogP contribution in [0.3, 0.4) is 0 Å². The lowest BCUT2D eigenvalue weighted by molar-refractivity contribution is 0.917. The zero-order valence-corrected chi connectivity index (χ0v) is 12.9. The minimum Gasteiger partial charge on any atom is -0.199 e. The second kappa shape index (κ2) is 5.60. The molecule has 3 aromatic rings. The number of rotatable bonds is 3. The maximum atomic E-state index is 6.33. The second-order valence-electron chi connectivity index (χ2n) is 4.17. The summed E-state index contributed by atoms with van der Waals surface area (Å²) in [7, 11) is 0. The lowest BCUT2D eigenvalue weighted by Crippen LogP contribution is -2.01. The first-order chi connectivity index (χ1) is 9.69. The standard InChI is InChI=1S/C13H10Cl2N4S/c1-20-9-4-2-8(3-5-9)6-10-11(14)18-13-16-7-17-19(13)12(10)15/h2-5,7H,6H2,1H3. The number of hydrogen-bond donors (Lipinski definition) is 0. The van der Waals surface area contributed by atoms with Crippen LogP contribution >= 0.6 is 35.0 Å². The molecule has 0 saturated heterocycles. The van der Waals surface area contributed by atoms with E-state index in [1.54, 1.807) is 11.8 Å². The van der Waals surface area contributed by atoms with Crippen molar-refractivity contribution in [2.75, 3.05) is 6.26 Å². The number of hydrogen-bond acceptors (Lipinski definition) is 4. The minimum atomic E-state index is 0.365. The Kier molecular flexibility index (Phi) is 3.83. The predicted octanol–water partition coefficient (Wildman–Crippen LogP) is 3.74. The maximum absolute atomic E-state index is 6.33. The average molecular weight is 325 g/mol. The highest BCUT2D eigenvalue weighted by molar-refractivity contribution is 7.98. The van der Waals surface area contributed by atoms with E-state index in [4.69, 9.17) is 23.2 Å². The summed E-state index contributed by atoms with van der Waals surface area (Å²) in [6.45, 7) is 0. The third kappa shape index (κ3) is 2.49. The summed E-state index contributed by atoms with van der Waals surface area (Å²) >= 11 is 14.2. The molecule has 0 unspecified atom stereocenters. The highest BCUT2D eigenvalue weighted by Crippen LogP contribution is 2.26. The normalized spacial score (nSPS) is 11.2. The van der Waals surface area contributed by atoms with Crippen molar-refractivity contribution in [2.45, 2.75) is 11.3 Å². The van der Waals surface area contributed by atoms with E-state index in [9.17, 15) is 0 Å². The monoisotopic (exact) mass is 324 g/mol. The topological polar surface area (TPSA) is 43.1 Å². The Morgan fingerprint density at radius 1 is 1.20 bits per heavy atom. The van der Waals surface area contributed by atoms with Gasteiger partial charge in [0.15, 0.2) is 0 Å². The number of thioether (sulfide) groups is 1. The Hall–Kier alpha value is -1.30. The van der Waals surface area contributed by atoms with Gasteiger partial charge in [-0.25, -0.2) is 0 Å². The lowest BCUT2D eigenvalue weighted by Gasteiger charge is -2.08. The molecular weight excluding hydrogens is 315 g/mol. The fourth-order valence-electron chi connectivity index (χ4n) is 1.91. The van der Waals surface area contributed by atoms with E-state index in [0.717, 1.165) is 11.1 Å². The Morgan fingerprint density at radius 3 is 2.65 bits per heavy atom. The first-order valence-corrected chi connectivity index (χ1v) is 7.83. The van der Waals surface area contributed by atoms with E-state index in [1.165, 1.54) is 15.7 Å². The first-order valence-electron chi connectivity index (χ1n) is 5.85. The van der Waals surface area contributed by atoms with Crippen molar-refractivity contribution in [2.24, 2.45) is 0 Å². The summed E-state index contributed by atoms with van der Waals surface area (Å²) in [6, 6.07) is 8.26. The molecule has 0 amide bonds. The van der Waals surface area contributed by atoms with E-state index in [0.29, 0.717) is 22.5 Å². The van der Waals surface area contributed by atoms with Gasteiger partial charge in [-0.05, 0) is 24.0 Å². The number of aromatic nitrogens is 4. The van der Waals surface area contributed by atoms with Crippen LogP contribution in [0.5, 0.6) is 0 Å². The molecule has 7 heteroatoms. The Labute approximate surface area is 130 Å². The summed E-state index contributed by atoms with van der Waals surface area (Å²) in [5, 5.41) is 4.85. The van der Waals surface area contributed by atoms with Gasteiger partial charge in [-0.15, -0.1) is 11.8 Å². The molecule has 4 nitrogen and oxygen atoms in total. The SMILES string of the molecule is CSc1ccc(Cc2c(Cl)nc3ncnn3c2Cl)cc1. The molecule has 0 saturated carbocycles. The van der Waals surface area contributed by atoms with Crippen molar-refractivity contribution in [1.82, 2.24) is 19.6 Å². The number of nitrogens with zero attached hydrogens (tertiary/aromatic N) is 4. The van der Waals surface area contributed by atoms with Gasteiger partial charge in [0.25, 0.3) is 5.78 Å². The van der Waals surface area contributed by atoms with Crippen molar-refractivity contribution in [3.8, 4) is 0 Å². The molecule has 2 aromatic heterocycles. The quantitative estimate of drug-likeness (QED) is 0.543. The molecule has 20 heavy (non-hydrogen) atoms. The van der Waals surface area contributed by atoms with E-state index in [2.05, 4.69) is 39.3 Å². The minimum absolute atomic E-state index is 0.365. The highest BCUT2D eigenvalue weighted by Gasteiger charge is 2.14. The zero-order chi connectivity index (χ0) is 14.1. The molecule has 1 aromatic carbocycles. The van der Waals surface area contributed by atoms with E-state index >= 15 is 0 Å². The van der Waals surface area contributed by atoms with Gasteiger partial charge in [0, 0.05) is 16.9 Å². The van der Waals surface area contributed by atoms with E-state index in [-0.39, 0.29) is 0 Å². The van der Waals surface area contributed by atoms with Gasteiger partial charge in [0.2, 0.25) is 0 Å². The van der Waals surface area contributed by atoms with Gasteiger partial charge in [0.05, 0.1) is 0 Å². The first kappa shape index (κ1) is 13.7. The number of halogens is 2. The van der Waals surface area contributed by atoms with Crippen LogP contribution in [-0.2, 0) is 6.42 Å². The van der Waals surface area contributed by atoms with Gasteiger partial charge >= 0.3 is 0 Å². The number of benzene rings is 1. The van der Waals surface area contributed by atoms with Crippen LogP contribution in [0, 0.1) is 0 Å². The lowest BCUT2D eigenvalue weighted by atomic mass is 10.1. The third-order valence-electron chi connectivity index (χ3n) is 2.95. The van der Waals surface area contributed by atoms with Crippen LogP contribution in [0.2, 0.25) is 10.3 Å². The fourth-order valence-corrected chi connectivity index (χ4v) is 2.88. The fraction of sp³-hybridized carbons (Fsp3) is 0.154. The Morgan fingerprint density at radius 2 is 1.95 bits per heavy atom. The third-order valence-corrected chi connectivity index (χ3v) is 4.40. The van der Waals surface area contributed by atoms with Crippen LogP contribution in [-0.4, -0.2) is 25.8 Å². The Balaban J connectivity index is 2.00. The van der Waals surface area contributed by atoms with Gasteiger partial charge in [0.1, 0.15) is 16.6 Å². The van der Waals surface area contributed by atoms with Crippen LogP contribution < -0.4 is 0 Å². The highest BCUT2D eigenvalue weighted by atomic mass is 35.5. The average Bonchev–Trinajstić information content (AvgIpc) is 2.92. The molecule has 0 N–H and O–H groups in total. The summed E-state index contributed by atoms with van der Waals surface area (Å²) in [4.78, 5) is 9.39. The van der Waals surface area contributed by atoms with Crippen molar-refractivity contribution in [1.29, 1.82) is 0 Å². The molecular formula is C13H10Cl2N4S. The van der Waals surface area contributed by atoms with Crippen LogP contribution in [0.15, 0.2) is 35.5 Å². The molecule has 0 radical (unpaired) electrons. The largest absolute Gasteiger partial charge is 0.254 e. The van der Waals surface area contributed by atoms with Gasteiger partial charge in [-0.1, -0.05) is 35.3 Å². The second-order valence-corrected chi connectivity index (χ2v) is 5.76. The molecule has 0 aliphatic carbocycles. The zero-order valence-electron chi connectivity index (χ0n) is 10.5. The number of fused-ring (bicyclic) bond motifs is 1. The summed E-state index contributed by atoms with van der Waals surface area (Å²) < 4.78 is 1.49. The molecule has 0 aliphatic heterocycles. The summed E-state index contributed by atoms with van der Waals surface area (Å²) in [6.07, 6.45) is 4.06.